The average Bonchev–Trinajstić information content (AvgIpc) is 3.19. The summed E-state index contributed by atoms with van der Waals surface area (Å²) in [6.07, 6.45) is 1.85. The molecule has 0 bridgehead atoms. The Kier molecular flexibility index (Phi) is 7.52. The van der Waals surface area contributed by atoms with Gasteiger partial charge in [0.25, 0.3) is 0 Å². The monoisotopic (exact) mass is 395 g/mol. The molecule has 26 heavy (non-hydrogen) atoms. The van der Waals surface area contributed by atoms with Crippen molar-refractivity contribution in [3.05, 3.63) is 31.7 Å². The predicted molar refractivity (Wildman–Crippen MR) is 106 cm³/mol. The second-order valence-electron chi connectivity index (χ2n) is 5.61. The van der Waals surface area contributed by atoms with Gasteiger partial charge in [-0.2, -0.15) is 0 Å². The number of rotatable bonds is 7. The second kappa shape index (κ2) is 9.63. The van der Waals surface area contributed by atoms with Gasteiger partial charge < -0.3 is 15.4 Å². The fraction of sp³-hybridized carbons (Fsp3) is 0.529. The summed E-state index contributed by atoms with van der Waals surface area (Å²) in [4.78, 5) is 27.1. The van der Waals surface area contributed by atoms with Crippen LogP contribution >= 0.6 is 22.7 Å². The number of carbonyl (C=O) groups excluding carboxylic acids is 1. The summed E-state index contributed by atoms with van der Waals surface area (Å²) in [6, 6.07) is -0.0855. The van der Waals surface area contributed by atoms with Crippen molar-refractivity contribution in [1.29, 1.82) is 0 Å². The molecule has 0 fully saturated rings. The van der Waals surface area contributed by atoms with Gasteiger partial charge in [0.1, 0.15) is 14.9 Å². The number of ether oxygens (including phenoxy) is 1. The van der Waals surface area contributed by atoms with Crippen molar-refractivity contribution in [3.8, 4) is 0 Å². The summed E-state index contributed by atoms with van der Waals surface area (Å²) >= 11 is 2.99. The van der Waals surface area contributed by atoms with E-state index in [0.717, 1.165) is 16.6 Å². The van der Waals surface area contributed by atoms with Gasteiger partial charge in [-0.15, -0.1) is 22.7 Å². The van der Waals surface area contributed by atoms with Crippen LogP contribution in [-0.2, 0) is 11.3 Å². The van der Waals surface area contributed by atoms with Crippen LogP contribution in [0, 0.1) is 13.8 Å². The van der Waals surface area contributed by atoms with Crippen LogP contribution in [0.3, 0.4) is 0 Å². The minimum Gasteiger partial charge on any atom is -0.462 e. The molecule has 2 N–H and O–H groups in total. The summed E-state index contributed by atoms with van der Waals surface area (Å²) in [6.45, 7) is 11.3. The summed E-state index contributed by atoms with van der Waals surface area (Å²) < 4.78 is 5.08. The molecule has 0 aliphatic carbocycles. The number of nitrogens with zero attached hydrogens (tertiary/aromatic N) is 3. The molecule has 1 unspecified atom stereocenters. The summed E-state index contributed by atoms with van der Waals surface area (Å²) in [5.41, 5.74) is 0.692. The lowest BCUT2D eigenvalue weighted by Crippen LogP contribution is -2.38. The molecule has 2 heterocycles. The number of nitrogens with one attached hydrogen (secondary N) is 2. The van der Waals surface area contributed by atoms with Crippen LogP contribution in [0.5, 0.6) is 0 Å². The van der Waals surface area contributed by atoms with Crippen molar-refractivity contribution in [2.24, 2.45) is 4.99 Å². The Hall–Kier alpha value is -2.00. The minimum atomic E-state index is -0.319. The number of hydrogen-bond donors (Lipinski definition) is 2. The van der Waals surface area contributed by atoms with Crippen molar-refractivity contribution in [2.75, 3.05) is 13.2 Å². The van der Waals surface area contributed by atoms with Crippen molar-refractivity contribution in [1.82, 2.24) is 20.6 Å². The van der Waals surface area contributed by atoms with Crippen molar-refractivity contribution in [3.63, 3.8) is 0 Å². The highest BCUT2D eigenvalue weighted by Crippen LogP contribution is 2.24. The molecule has 0 aliphatic rings. The first kappa shape index (κ1) is 20.3. The zero-order chi connectivity index (χ0) is 19.1. The van der Waals surface area contributed by atoms with Crippen LogP contribution in [0.2, 0.25) is 0 Å². The minimum absolute atomic E-state index is 0.0855. The molecule has 142 valence electrons. The lowest BCUT2D eigenvalue weighted by Gasteiger charge is -2.15. The molecule has 0 amide bonds. The zero-order valence-electron chi connectivity index (χ0n) is 15.8. The number of esters is 1. The average molecular weight is 396 g/mol. The number of thiazole rings is 2. The topological polar surface area (TPSA) is 88.5 Å². The highest BCUT2D eigenvalue weighted by molar-refractivity contribution is 7.13. The molecule has 0 spiro atoms. The quantitative estimate of drug-likeness (QED) is 0.425. The zero-order valence-corrected chi connectivity index (χ0v) is 17.4. The summed E-state index contributed by atoms with van der Waals surface area (Å²) in [5.74, 6) is 0.374. The summed E-state index contributed by atoms with van der Waals surface area (Å²) in [7, 11) is 0. The largest absolute Gasteiger partial charge is 0.462 e. The van der Waals surface area contributed by atoms with Crippen molar-refractivity contribution >= 4 is 34.6 Å². The van der Waals surface area contributed by atoms with Crippen LogP contribution in [0.25, 0.3) is 0 Å². The van der Waals surface area contributed by atoms with Gasteiger partial charge in [-0.25, -0.2) is 19.8 Å². The Bertz CT molecular complexity index is 769. The third kappa shape index (κ3) is 5.50. The van der Waals surface area contributed by atoms with Gasteiger partial charge in [-0.05, 0) is 34.6 Å². The highest BCUT2D eigenvalue weighted by atomic mass is 32.1. The van der Waals surface area contributed by atoms with E-state index in [4.69, 9.17) is 4.74 Å². The highest BCUT2D eigenvalue weighted by Gasteiger charge is 2.20. The number of aromatic nitrogens is 2. The van der Waals surface area contributed by atoms with Crippen molar-refractivity contribution in [2.45, 2.75) is 47.2 Å². The second-order valence-corrected chi connectivity index (χ2v) is 7.96. The molecule has 2 aromatic heterocycles. The SMILES string of the molecule is CCNC(=NCc1ncc(C)s1)NC(C)c1nc(C)c(C(=O)OCC)s1. The van der Waals surface area contributed by atoms with E-state index in [2.05, 4.69) is 25.6 Å². The number of aryl methyl sites for hydroxylation is 2. The molecule has 0 radical (unpaired) electrons. The normalized spacial score (nSPS) is 12.7. The van der Waals surface area contributed by atoms with Gasteiger partial charge in [-0.1, -0.05) is 0 Å². The Morgan fingerprint density at radius 2 is 2.12 bits per heavy atom. The van der Waals surface area contributed by atoms with E-state index >= 15 is 0 Å². The van der Waals surface area contributed by atoms with Gasteiger partial charge in [0.2, 0.25) is 0 Å². The van der Waals surface area contributed by atoms with E-state index in [1.807, 2.05) is 33.9 Å². The number of carbonyl (C=O) groups is 1. The molecule has 2 aromatic rings. The molecule has 9 heteroatoms. The van der Waals surface area contributed by atoms with Gasteiger partial charge in [0, 0.05) is 17.6 Å². The van der Waals surface area contributed by atoms with Gasteiger partial charge in [0.05, 0.1) is 24.9 Å². The number of guanidine groups is 1. The molecular formula is C17H25N5O2S2. The fourth-order valence-corrected chi connectivity index (χ4v) is 3.87. The van der Waals surface area contributed by atoms with E-state index in [9.17, 15) is 4.79 Å². The standard InChI is InChI=1S/C17H25N5O2S2/c1-6-18-17(20-9-13-19-8-10(3)25-13)22-12(5)15-21-11(4)14(26-15)16(23)24-7-2/h8,12H,6-7,9H2,1-5H3,(H2,18,20,22). The Balaban J connectivity index is 2.08. The molecule has 7 nitrogen and oxygen atoms in total. The third-order valence-corrected chi connectivity index (χ3v) is 5.60. The van der Waals surface area contributed by atoms with Gasteiger partial charge in [-0.3, -0.25) is 0 Å². The third-order valence-electron chi connectivity index (χ3n) is 3.38. The first-order valence-electron chi connectivity index (χ1n) is 8.55. The molecule has 2 rings (SSSR count). The van der Waals surface area contributed by atoms with E-state index in [-0.39, 0.29) is 12.0 Å². The molecule has 0 aromatic carbocycles. The predicted octanol–water partition coefficient (Wildman–Crippen LogP) is 3.21. The smallest absolute Gasteiger partial charge is 0.350 e. The van der Waals surface area contributed by atoms with Crippen LogP contribution in [0.15, 0.2) is 11.2 Å². The number of hydrogen-bond acceptors (Lipinski definition) is 7. The van der Waals surface area contributed by atoms with Crippen molar-refractivity contribution < 1.29 is 9.53 Å². The maximum absolute atomic E-state index is 12.0. The molecule has 1 atom stereocenters. The lowest BCUT2D eigenvalue weighted by atomic mass is 10.3. The maximum atomic E-state index is 12.0. The van der Waals surface area contributed by atoms with E-state index in [1.165, 1.54) is 16.2 Å². The summed E-state index contributed by atoms with van der Waals surface area (Å²) in [5, 5.41) is 8.35. The van der Waals surface area contributed by atoms with Crippen LogP contribution < -0.4 is 10.6 Å². The van der Waals surface area contributed by atoms with E-state index in [1.54, 1.807) is 18.3 Å². The van der Waals surface area contributed by atoms with Gasteiger partial charge >= 0.3 is 5.97 Å². The maximum Gasteiger partial charge on any atom is 0.350 e. The van der Waals surface area contributed by atoms with Crippen LogP contribution in [-0.4, -0.2) is 35.0 Å². The first-order valence-corrected chi connectivity index (χ1v) is 10.2. The Labute approximate surface area is 161 Å². The molecule has 0 saturated heterocycles. The Morgan fingerprint density at radius 3 is 2.73 bits per heavy atom. The van der Waals surface area contributed by atoms with Crippen LogP contribution in [0.1, 0.15) is 57.1 Å². The molecule has 0 saturated carbocycles. The number of aliphatic imine (C=N–C) groups is 1. The molecular weight excluding hydrogens is 370 g/mol. The fourth-order valence-electron chi connectivity index (χ4n) is 2.20. The van der Waals surface area contributed by atoms with E-state index < -0.39 is 0 Å². The van der Waals surface area contributed by atoms with E-state index in [0.29, 0.717) is 29.7 Å². The van der Waals surface area contributed by atoms with Crippen LogP contribution in [0.4, 0.5) is 0 Å². The first-order chi connectivity index (χ1) is 12.4. The van der Waals surface area contributed by atoms with Gasteiger partial charge in [0.15, 0.2) is 5.96 Å². The lowest BCUT2D eigenvalue weighted by molar-refractivity contribution is 0.0531. The molecule has 0 aliphatic heterocycles. The Morgan fingerprint density at radius 1 is 1.35 bits per heavy atom.